The van der Waals surface area contributed by atoms with Crippen LogP contribution in [0.25, 0.3) is 0 Å². The van der Waals surface area contributed by atoms with E-state index in [1.54, 1.807) is 0 Å². The van der Waals surface area contributed by atoms with Crippen LogP contribution in [0, 0.1) is 5.92 Å². The highest BCUT2D eigenvalue weighted by atomic mass is 15.3. The highest BCUT2D eigenvalue weighted by Gasteiger charge is 2.29. The number of hydrogen-bond donors (Lipinski definition) is 1. The number of hydrogen-bond acceptors (Lipinski definition) is 3. The lowest BCUT2D eigenvalue weighted by Gasteiger charge is -2.39. The van der Waals surface area contributed by atoms with E-state index in [0.717, 1.165) is 32.1 Å². The highest BCUT2D eigenvalue weighted by molar-refractivity contribution is 5.80. The molecule has 1 aromatic heterocycles. The van der Waals surface area contributed by atoms with Crippen molar-refractivity contribution in [3.05, 3.63) is 54.6 Å². The molecule has 2 aliphatic rings. The van der Waals surface area contributed by atoms with Gasteiger partial charge in [0.05, 0.1) is 25.0 Å². The molecule has 2 saturated heterocycles. The number of piperidine rings is 1. The van der Waals surface area contributed by atoms with E-state index in [1.165, 1.54) is 37.9 Å². The van der Waals surface area contributed by atoms with Gasteiger partial charge in [-0.1, -0.05) is 37.3 Å². The number of aromatic nitrogens is 2. The smallest absolute Gasteiger partial charge is 0.194 e. The van der Waals surface area contributed by atoms with E-state index in [-0.39, 0.29) is 0 Å². The van der Waals surface area contributed by atoms with Crippen LogP contribution >= 0.6 is 0 Å². The number of nitrogens with zero attached hydrogens (tertiary/aromatic N) is 5. The van der Waals surface area contributed by atoms with Crippen LogP contribution in [-0.2, 0) is 0 Å². The quantitative estimate of drug-likeness (QED) is 0.586. The van der Waals surface area contributed by atoms with Crippen molar-refractivity contribution in [2.24, 2.45) is 10.9 Å². The Morgan fingerprint density at radius 1 is 1.20 bits per heavy atom. The third-order valence-corrected chi connectivity index (χ3v) is 6.64. The highest BCUT2D eigenvalue weighted by Crippen LogP contribution is 2.28. The van der Waals surface area contributed by atoms with Crippen LogP contribution in [-0.4, -0.2) is 64.6 Å². The van der Waals surface area contributed by atoms with E-state index in [4.69, 9.17) is 4.99 Å². The topological polar surface area (TPSA) is 48.7 Å². The van der Waals surface area contributed by atoms with Crippen LogP contribution in [0.15, 0.2) is 54.0 Å². The summed E-state index contributed by atoms with van der Waals surface area (Å²) < 4.78 is 2.26. The number of rotatable bonds is 6. The first kappa shape index (κ1) is 20.9. The minimum Gasteiger partial charge on any atom is -0.357 e. The second kappa shape index (κ2) is 10.1. The minimum atomic E-state index is 0.357. The summed E-state index contributed by atoms with van der Waals surface area (Å²) >= 11 is 0. The van der Waals surface area contributed by atoms with Crippen molar-refractivity contribution < 1.29 is 0 Å². The van der Waals surface area contributed by atoms with Gasteiger partial charge < -0.3 is 14.8 Å². The third kappa shape index (κ3) is 4.86. The molecule has 0 aliphatic carbocycles. The van der Waals surface area contributed by atoms with Crippen LogP contribution in [0.4, 0.5) is 0 Å². The molecule has 0 bridgehead atoms. The Hall–Kier alpha value is -2.34. The molecule has 6 heteroatoms. The molecular formula is C24H36N6. The number of guanidine groups is 1. The second-order valence-electron chi connectivity index (χ2n) is 8.65. The Morgan fingerprint density at radius 2 is 2.00 bits per heavy atom. The summed E-state index contributed by atoms with van der Waals surface area (Å²) in [5.74, 6) is 1.69. The Labute approximate surface area is 181 Å². The van der Waals surface area contributed by atoms with Gasteiger partial charge in [0.1, 0.15) is 0 Å². The Morgan fingerprint density at radius 3 is 2.70 bits per heavy atom. The summed E-state index contributed by atoms with van der Waals surface area (Å²) in [7, 11) is 0. The van der Waals surface area contributed by atoms with Crippen molar-refractivity contribution in [1.82, 2.24) is 24.7 Å². The molecule has 1 aromatic carbocycles. The summed E-state index contributed by atoms with van der Waals surface area (Å²) in [5.41, 5.74) is 1.38. The van der Waals surface area contributed by atoms with Crippen LogP contribution in [0.3, 0.4) is 0 Å². The fourth-order valence-electron chi connectivity index (χ4n) is 4.85. The standard InChI is InChI=1S/C24H36N6/c1-3-26-24(29-15-11-20(2)23(18-29)30-16-12-25-19-30)27-17-22(28-13-7-8-14-28)21-9-5-4-6-10-21/h4-6,9-10,12,16,19-20,22-23H,3,7-8,11,13-15,17-18H2,1-2H3,(H,26,27). The van der Waals surface area contributed by atoms with Gasteiger partial charge >= 0.3 is 0 Å². The molecule has 1 N–H and O–H groups in total. The zero-order valence-electron chi connectivity index (χ0n) is 18.5. The Bertz CT molecular complexity index is 781. The Balaban J connectivity index is 1.52. The first-order chi connectivity index (χ1) is 14.8. The van der Waals surface area contributed by atoms with Crippen molar-refractivity contribution in [3.63, 3.8) is 0 Å². The van der Waals surface area contributed by atoms with Gasteiger partial charge in [0.15, 0.2) is 5.96 Å². The molecular weight excluding hydrogens is 372 g/mol. The van der Waals surface area contributed by atoms with E-state index >= 15 is 0 Å². The van der Waals surface area contributed by atoms with Crippen LogP contribution in [0.2, 0.25) is 0 Å². The van der Waals surface area contributed by atoms with Gasteiger partial charge in [0.2, 0.25) is 0 Å². The number of nitrogens with one attached hydrogen (secondary N) is 1. The minimum absolute atomic E-state index is 0.357. The molecule has 0 radical (unpaired) electrons. The maximum absolute atomic E-state index is 5.16. The zero-order valence-corrected chi connectivity index (χ0v) is 18.5. The van der Waals surface area contributed by atoms with E-state index in [9.17, 15) is 0 Å². The molecule has 0 amide bonds. The second-order valence-corrected chi connectivity index (χ2v) is 8.65. The lowest BCUT2D eigenvalue weighted by atomic mass is 9.93. The molecule has 3 atom stereocenters. The molecule has 2 aliphatic heterocycles. The summed E-state index contributed by atoms with van der Waals surface area (Å²) in [5, 5.41) is 3.56. The maximum atomic E-state index is 5.16. The zero-order chi connectivity index (χ0) is 20.8. The van der Waals surface area contributed by atoms with Gasteiger partial charge in [-0.05, 0) is 50.8 Å². The van der Waals surface area contributed by atoms with Crippen molar-refractivity contribution in [1.29, 1.82) is 0 Å². The summed E-state index contributed by atoms with van der Waals surface area (Å²) in [6.07, 6.45) is 9.68. The number of likely N-dealkylation sites (tertiary alicyclic amines) is 2. The van der Waals surface area contributed by atoms with Gasteiger partial charge in [-0.3, -0.25) is 9.89 Å². The summed E-state index contributed by atoms with van der Waals surface area (Å²) in [6, 6.07) is 11.7. The lowest BCUT2D eigenvalue weighted by Crippen LogP contribution is -2.49. The molecule has 2 fully saturated rings. The van der Waals surface area contributed by atoms with Crippen molar-refractivity contribution in [2.45, 2.75) is 45.2 Å². The summed E-state index contributed by atoms with van der Waals surface area (Å²) in [6.45, 7) is 10.6. The maximum Gasteiger partial charge on any atom is 0.194 e. The molecule has 6 nitrogen and oxygen atoms in total. The summed E-state index contributed by atoms with van der Waals surface area (Å²) in [4.78, 5) is 14.5. The molecule has 30 heavy (non-hydrogen) atoms. The van der Waals surface area contributed by atoms with Gasteiger partial charge in [0.25, 0.3) is 0 Å². The third-order valence-electron chi connectivity index (χ3n) is 6.64. The van der Waals surface area contributed by atoms with E-state index in [0.29, 0.717) is 18.0 Å². The van der Waals surface area contributed by atoms with Gasteiger partial charge in [-0.2, -0.15) is 0 Å². The fraction of sp³-hybridized carbons (Fsp3) is 0.583. The average Bonchev–Trinajstić information content (AvgIpc) is 3.49. The number of imidazole rings is 1. The van der Waals surface area contributed by atoms with Crippen molar-refractivity contribution in [2.75, 3.05) is 39.3 Å². The van der Waals surface area contributed by atoms with E-state index in [2.05, 4.69) is 75.0 Å². The number of aliphatic imine (C=N–C) groups is 1. The largest absolute Gasteiger partial charge is 0.357 e. The lowest BCUT2D eigenvalue weighted by molar-refractivity contribution is 0.188. The monoisotopic (exact) mass is 408 g/mol. The molecule has 3 heterocycles. The van der Waals surface area contributed by atoms with Crippen LogP contribution in [0.5, 0.6) is 0 Å². The van der Waals surface area contributed by atoms with E-state index < -0.39 is 0 Å². The molecule has 0 saturated carbocycles. The van der Waals surface area contributed by atoms with Crippen molar-refractivity contribution in [3.8, 4) is 0 Å². The van der Waals surface area contributed by atoms with E-state index in [1.807, 2.05) is 12.5 Å². The van der Waals surface area contributed by atoms with Gasteiger partial charge in [0, 0.05) is 32.0 Å². The first-order valence-corrected chi connectivity index (χ1v) is 11.6. The average molecular weight is 409 g/mol. The van der Waals surface area contributed by atoms with Crippen LogP contribution < -0.4 is 5.32 Å². The molecule has 162 valence electrons. The SMILES string of the molecule is CCNC(=NCC(c1ccccc1)N1CCCC1)N1CCC(C)C(n2ccnc2)C1. The molecule has 4 rings (SSSR count). The first-order valence-electron chi connectivity index (χ1n) is 11.6. The van der Waals surface area contributed by atoms with Crippen molar-refractivity contribution >= 4 is 5.96 Å². The molecule has 2 aromatic rings. The molecule has 0 spiro atoms. The normalized spacial score (nSPS) is 24.2. The van der Waals surface area contributed by atoms with Gasteiger partial charge in [-0.25, -0.2) is 4.98 Å². The van der Waals surface area contributed by atoms with Gasteiger partial charge in [-0.15, -0.1) is 0 Å². The van der Waals surface area contributed by atoms with Crippen LogP contribution in [0.1, 0.15) is 50.8 Å². The predicted molar refractivity (Wildman–Crippen MR) is 123 cm³/mol. The Kier molecular flexibility index (Phi) is 7.05. The molecule has 3 unspecified atom stereocenters. The fourth-order valence-corrected chi connectivity index (χ4v) is 4.85. The predicted octanol–water partition coefficient (Wildman–Crippen LogP) is 3.57. The number of benzene rings is 1.